The Morgan fingerprint density at radius 2 is 1.72 bits per heavy atom. The summed E-state index contributed by atoms with van der Waals surface area (Å²) in [7, 11) is 3.41. The molecule has 9 nitrogen and oxygen atoms in total. The molecule has 0 spiro atoms. The van der Waals surface area contributed by atoms with E-state index in [4.69, 9.17) is 9.47 Å². The van der Waals surface area contributed by atoms with Gasteiger partial charge < -0.3 is 35.0 Å². The van der Waals surface area contributed by atoms with Crippen LogP contribution in [0.2, 0.25) is 0 Å². The van der Waals surface area contributed by atoms with Crippen molar-refractivity contribution in [3.8, 4) is 23.0 Å². The molecular formula is C30H33N3O6. The summed E-state index contributed by atoms with van der Waals surface area (Å²) in [6, 6.07) is 20.8. The number of carbonyl (C=O) groups is 1. The van der Waals surface area contributed by atoms with Gasteiger partial charge in [0.2, 0.25) is 0 Å². The molecule has 1 amide bonds. The third kappa shape index (κ3) is 7.44. The highest BCUT2D eigenvalue weighted by Crippen LogP contribution is 2.31. The molecule has 4 aromatic rings. The first-order valence-corrected chi connectivity index (χ1v) is 12.6. The zero-order valence-corrected chi connectivity index (χ0v) is 21.9. The lowest BCUT2D eigenvalue weighted by atomic mass is 10.1. The Balaban J connectivity index is 1.33. The van der Waals surface area contributed by atoms with Gasteiger partial charge in [0.05, 0.1) is 17.7 Å². The van der Waals surface area contributed by atoms with Gasteiger partial charge >= 0.3 is 0 Å². The molecule has 39 heavy (non-hydrogen) atoms. The maximum atomic E-state index is 12.6. The van der Waals surface area contributed by atoms with Crippen molar-refractivity contribution >= 4 is 16.8 Å². The molecule has 2 atom stereocenters. The summed E-state index contributed by atoms with van der Waals surface area (Å²) in [4.78, 5) is 18.5. The number of phenolic OH excluding ortho intramolecular Hbond substituents is 1. The molecule has 0 aliphatic carbocycles. The molecule has 3 aromatic carbocycles. The summed E-state index contributed by atoms with van der Waals surface area (Å²) in [6.45, 7) is 0.231. The summed E-state index contributed by atoms with van der Waals surface area (Å²) in [6.07, 6.45) is 1.41. The molecule has 0 saturated heterocycles. The van der Waals surface area contributed by atoms with Gasteiger partial charge in [-0.25, -0.2) is 0 Å². The van der Waals surface area contributed by atoms with Crippen molar-refractivity contribution in [3.05, 3.63) is 90.1 Å². The standard InChI is InChI=1S/C30H33N3O6/c1-33(2)30(37)27-5-3-4-26-28(14-15-31-29(26)27)39-25-10-6-20(7-11-25)16-21(18-34)32-17-23(36)19-38-24-12-8-22(35)9-13-24/h3-15,21,23,32,34-36H,16-19H2,1-2H3/t21-,23-/m0/s1. The van der Waals surface area contributed by atoms with E-state index in [-0.39, 0.29) is 37.5 Å². The van der Waals surface area contributed by atoms with Gasteiger partial charge in [0.1, 0.15) is 35.7 Å². The summed E-state index contributed by atoms with van der Waals surface area (Å²) < 4.78 is 11.7. The largest absolute Gasteiger partial charge is 0.508 e. The number of ether oxygens (including phenoxy) is 2. The van der Waals surface area contributed by atoms with Crippen LogP contribution in [-0.2, 0) is 6.42 Å². The van der Waals surface area contributed by atoms with Crippen molar-refractivity contribution in [1.82, 2.24) is 15.2 Å². The molecular weight excluding hydrogens is 498 g/mol. The molecule has 0 fully saturated rings. The Morgan fingerprint density at radius 3 is 2.41 bits per heavy atom. The second-order valence-corrected chi connectivity index (χ2v) is 9.41. The van der Waals surface area contributed by atoms with Crippen molar-refractivity contribution < 1.29 is 29.6 Å². The van der Waals surface area contributed by atoms with Gasteiger partial charge in [0, 0.05) is 38.3 Å². The average Bonchev–Trinajstić information content (AvgIpc) is 2.95. The normalized spacial score (nSPS) is 12.6. The highest BCUT2D eigenvalue weighted by molar-refractivity contribution is 6.06. The van der Waals surface area contributed by atoms with Crippen molar-refractivity contribution in [2.24, 2.45) is 0 Å². The number of rotatable bonds is 12. The number of hydrogen-bond donors (Lipinski definition) is 4. The van der Waals surface area contributed by atoms with E-state index in [9.17, 15) is 20.1 Å². The van der Waals surface area contributed by atoms with Crippen molar-refractivity contribution in [1.29, 1.82) is 0 Å². The van der Waals surface area contributed by atoms with Crippen molar-refractivity contribution in [2.75, 3.05) is 33.9 Å². The molecule has 4 rings (SSSR count). The Kier molecular flexibility index (Phi) is 9.32. The molecule has 1 aromatic heterocycles. The molecule has 0 radical (unpaired) electrons. The quantitative estimate of drug-likeness (QED) is 0.219. The van der Waals surface area contributed by atoms with Crippen LogP contribution in [0.15, 0.2) is 79.0 Å². The van der Waals surface area contributed by atoms with E-state index in [1.165, 1.54) is 17.0 Å². The number of carbonyl (C=O) groups excluding carboxylic acids is 1. The molecule has 4 N–H and O–H groups in total. The zero-order chi connectivity index (χ0) is 27.8. The highest BCUT2D eigenvalue weighted by atomic mass is 16.5. The smallest absolute Gasteiger partial charge is 0.255 e. The third-order valence-corrected chi connectivity index (χ3v) is 6.14. The first-order valence-electron chi connectivity index (χ1n) is 12.6. The number of phenols is 1. The van der Waals surface area contributed by atoms with E-state index in [1.54, 1.807) is 44.6 Å². The van der Waals surface area contributed by atoms with Crippen LogP contribution in [-0.4, -0.2) is 77.1 Å². The molecule has 0 unspecified atom stereocenters. The number of amides is 1. The molecule has 0 aliphatic heterocycles. The number of aromatic nitrogens is 1. The minimum Gasteiger partial charge on any atom is -0.508 e. The van der Waals surface area contributed by atoms with Crippen LogP contribution in [0.3, 0.4) is 0 Å². The number of nitrogens with one attached hydrogen (secondary N) is 1. The number of benzene rings is 3. The summed E-state index contributed by atoms with van der Waals surface area (Å²) in [5, 5.41) is 33.3. The fourth-order valence-corrected chi connectivity index (χ4v) is 4.06. The van der Waals surface area contributed by atoms with Gasteiger partial charge in [-0.05, 0) is 66.6 Å². The van der Waals surface area contributed by atoms with Crippen LogP contribution in [0.1, 0.15) is 15.9 Å². The number of para-hydroxylation sites is 1. The molecule has 1 heterocycles. The fraction of sp³-hybridized carbons (Fsp3) is 0.267. The molecule has 204 valence electrons. The molecule has 0 saturated carbocycles. The number of aliphatic hydroxyl groups is 2. The lowest BCUT2D eigenvalue weighted by Gasteiger charge is -2.19. The average molecular weight is 532 g/mol. The second-order valence-electron chi connectivity index (χ2n) is 9.41. The van der Waals surface area contributed by atoms with Crippen LogP contribution < -0.4 is 14.8 Å². The van der Waals surface area contributed by atoms with Gasteiger partial charge in [-0.2, -0.15) is 0 Å². The third-order valence-electron chi connectivity index (χ3n) is 6.14. The van der Waals surface area contributed by atoms with Crippen LogP contribution in [0.4, 0.5) is 0 Å². The SMILES string of the molecule is CN(C)C(=O)c1cccc2c(Oc3ccc(C[C@@H](CO)NC[C@H](O)COc4ccc(O)cc4)cc3)ccnc12. The Bertz CT molecular complexity index is 1380. The van der Waals surface area contributed by atoms with Crippen LogP contribution in [0.5, 0.6) is 23.0 Å². The van der Waals surface area contributed by atoms with Gasteiger partial charge in [0.25, 0.3) is 5.91 Å². The first-order chi connectivity index (χ1) is 18.8. The molecule has 0 bridgehead atoms. The monoisotopic (exact) mass is 531 g/mol. The van der Waals surface area contributed by atoms with Gasteiger partial charge in [-0.1, -0.05) is 18.2 Å². The maximum absolute atomic E-state index is 12.6. The lowest BCUT2D eigenvalue weighted by molar-refractivity contribution is 0.0829. The van der Waals surface area contributed by atoms with Gasteiger partial charge in [-0.3, -0.25) is 9.78 Å². The maximum Gasteiger partial charge on any atom is 0.255 e. The number of nitrogens with zero attached hydrogens (tertiary/aromatic N) is 2. The minimum atomic E-state index is -0.771. The molecule has 0 aliphatic rings. The zero-order valence-electron chi connectivity index (χ0n) is 21.9. The van der Waals surface area contributed by atoms with E-state index in [0.717, 1.165) is 10.9 Å². The Hall–Kier alpha value is -4.18. The molecule has 9 heteroatoms. The topological polar surface area (TPSA) is 124 Å². The number of aromatic hydroxyl groups is 1. The Labute approximate surface area is 227 Å². The van der Waals surface area contributed by atoms with E-state index in [0.29, 0.717) is 34.7 Å². The summed E-state index contributed by atoms with van der Waals surface area (Å²) >= 11 is 0. The van der Waals surface area contributed by atoms with E-state index in [1.807, 2.05) is 36.4 Å². The van der Waals surface area contributed by atoms with Crippen LogP contribution in [0, 0.1) is 0 Å². The first kappa shape index (κ1) is 27.8. The van der Waals surface area contributed by atoms with E-state index >= 15 is 0 Å². The van der Waals surface area contributed by atoms with E-state index in [2.05, 4.69) is 10.3 Å². The van der Waals surface area contributed by atoms with Crippen LogP contribution >= 0.6 is 0 Å². The number of aliphatic hydroxyl groups excluding tert-OH is 2. The van der Waals surface area contributed by atoms with E-state index < -0.39 is 6.10 Å². The number of pyridine rings is 1. The second kappa shape index (κ2) is 13.1. The predicted octanol–water partition coefficient (Wildman–Crippen LogP) is 3.37. The summed E-state index contributed by atoms with van der Waals surface area (Å²) in [5.41, 5.74) is 2.08. The van der Waals surface area contributed by atoms with Crippen molar-refractivity contribution in [3.63, 3.8) is 0 Å². The van der Waals surface area contributed by atoms with Crippen LogP contribution in [0.25, 0.3) is 10.9 Å². The lowest BCUT2D eigenvalue weighted by Crippen LogP contribution is -2.41. The highest BCUT2D eigenvalue weighted by Gasteiger charge is 2.16. The summed E-state index contributed by atoms with van der Waals surface area (Å²) in [5.74, 6) is 1.80. The fourth-order valence-electron chi connectivity index (χ4n) is 4.06. The van der Waals surface area contributed by atoms with Gasteiger partial charge in [-0.15, -0.1) is 0 Å². The van der Waals surface area contributed by atoms with Crippen molar-refractivity contribution in [2.45, 2.75) is 18.6 Å². The van der Waals surface area contributed by atoms with Gasteiger partial charge in [0.15, 0.2) is 0 Å². The Morgan fingerprint density at radius 1 is 1.00 bits per heavy atom. The number of fused-ring (bicyclic) bond motifs is 1. The minimum absolute atomic E-state index is 0.0798. The number of hydrogen-bond acceptors (Lipinski definition) is 8. The predicted molar refractivity (Wildman–Crippen MR) is 148 cm³/mol.